The van der Waals surface area contributed by atoms with Gasteiger partial charge in [-0.25, -0.2) is 8.42 Å². The van der Waals surface area contributed by atoms with Crippen molar-refractivity contribution in [2.75, 3.05) is 4.72 Å². The summed E-state index contributed by atoms with van der Waals surface area (Å²) in [7, 11) is -4.05. The second-order valence-electron chi connectivity index (χ2n) is 3.78. The van der Waals surface area contributed by atoms with Gasteiger partial charge in [0.2, 0.25) is 5.43 Å². The number of anilines is 1. The zero-order chi connectivity index (χ0) is 14.8. The van der Waals surface area contributed by atoms with Crippen LogP contribution in [-0.2, 0) is 10.0 Å². The van der Waals surface area contributed by atoms with Crippen molar-refractivity contribution >= 4 is 27.3 Å². The van der Waals surface area contributed by atoms with E-state index in [4.69, 9.17) is 16.9 Å². The molecule has 0 saturated heterocycles. The van der Waals surface area contributed by atoms with Crippen molar-refractivity contribution in [3.8, 4) is 6.07 Å². The summed E-state index contributed by atoms with van der Waals surface area (Å²) in [6, 6.07) is 7.09. The van der Waals surface area contributed by atoms with Gasteiger partial charge in [0.05, 0.1) is 22.3 Å². The molecule has 0 radical (unpaired) electrons. The molecule has 0 aliphatic rings. The van der Waals surface area contributed by atoms with E-state index in [0.717, 1.165) is 12.3 Å². The van der Waals surface area contributed by atoms with E-state index >= 15 is 0 Å². The van der Waals surface area contributed by atoms with E-state index in [-0.39, 0.29) is 10.7 Å². The molecule has 0 aliphatic heterocycles. The quantitative estimate of drug-likeness (QED) is 0.900. The third-order valence-electron chi connectivity index (χ3n) is 2.42. The smallest absolute Gasteiger partial charge is 0.267 e. The molecule has 0 fully saturated rings. The van der Waals surface area contributed by atoms with Gasteiger partial charge >= 0.3 is 0 Å². The van der Waals surface area contributed by atoms with Gasteiger partial charge in [-0.1, -0.05) is 11.6 Å². The summed E-state index contributed by atoms with van der Waals surface area (Å²) in [5, 5.41) is 8.78. The minimum atomic E-state index is -4.05. The van der Waals surface area contributed by atoms with Crippen molar-refractivity contribution in [1.29, 1.82) is 5.26 Å². The number of sulfonamides is 1. The normalized spacial score (nSPS) is 10.8. The number of nitrogens with one attached hydrogen (secondary N) is 2. The molecule has 2 N–H and O–H groups in total. The lowest BCUT2D eigenvalue weighted by Gasteiger charge is -2.09. The first-order chi connectivity index (χ1) is 9.44. The fourth-order valence-corrected chi connectivity index (χ4v) is 2.90. The Balaban J connectivity index is 2.42. The maximum absolute atomic E-state index is 12.1. The highest BCUT2D eigenvalue weighted by atomic mass is 35.5. The zero-order valence-corrected chi connectivity index (χ0v) is 11.5. The molecule has 2 aromatic rings. The zero-order valence-electron chi connectivity index (χ0n) is 9.92. The molecule has 102 valence electrons. The number of rotatable bonds is 3. The van der Waals surface area contributed by atoms with Crippen LogP contribution in [0.3, 0.4) is 0 Å². The van der Waals surface area contributed by atoms with Crippen LogP contribution in [0.25, 0.3) is 0 Å². The van der Waals surface area contributed by atoms with Gasteiger partial charge in [0, 0.05) is 18.5 Å². The molecule has 0 bridgehead atoms. The molecule has 2 rings (SSSR count). The number of pyridine rings is 1. The Bertz CT molecular complexity index is 853. The molecular weight excluding hydrogens is 302 g/mol. The van der Waals surface area contributed by atoms with E-state index < -0.39 is 20.3 Å². The van der Waals surface area contributed by atoms with Crippen LogP contribution < -0.4 is 10.2 Å². The van der Waals surface area contributed by atoms with Crippen molar-refractivity contribution < 1.29 is 8.42 Å². The highest BCUT2D eigenvalue weighted by molar-refractivity contribution is 7.92. The molecule has 20 heavy (non-hydrogen) atoms. The highest BCUT2D eigenvalue weighted by Crippen LogP contribution is 2.24. The number of aromatic amines is 1. The molecule has 0 spiro atoms. The summed E-state index contributed by atoms with van der Waals surface area (Å²) in [5.74, 6) is 0. The summed E-state index contributed by atoms with van der Waals surface area (Å²) in [4.78, 5) is 13.6. The summed E-state index contributed by atoms with van der Waals surface area (Å²) in [5.41, 5.74) is -0.245. The largest absolute Gasteiger partial charge is 0.366 e. The predicted octanol–water partition coefficient (Wildman–Crippen LogP) is 1.70. The fraction of sp³-hybridized carbons (Fsp3) is 0. The van der Waals surface area contributed by atoms with Crippen molar-refractivity contribution in [1.82, 2.24) is 4.98 Å². The van der Waals surface area contributed by atoms with Gasteiger partial charge in [-0.05, 0) is 18.2 Å². The topological polar surface area (TPSA) is 103 Å². The highest BCUT2D eigenvalue weighted by Gasteiger charge is 2.19. The number of nitrogens with zero attached hydrogens (tertiary/aromatic N) is 1. The molecule has 1 aromatic heterocycles. The van der Waals surface area contributed by atoms with Gasteiger partial charge in [-0.15, -0.1) is 0 Å². The second kappa shape index (κ2) is 5.36. The second-order valence-corrected chi connectivity index (χ2v) is 5.84. The minimum absolute atomic E-state index is 0.0694. The molecule has 0 unspecified atom stereocenters. The van der Waals surface area contributed by atoms with Gasteiger partial charge in [-0.3, -0.25) is 9.52 Å². The lowest BCUT2D eigenvalue weighted by atomic mass is 10.2. The number of halogens is 1. The van der Waals surface area contributed by atoms with Crippen LogP contribution in [0.4, 0.5) is 5.69 Å². The van der Waals surface area contributed by atoms with Crippen LogP contribution in [0.2, 0.25) is 5.02 Å². The molecule has 8 heteroatoms. The first-order valence-corrected chi connectivity index (χ1v) is 7.20. The van der Waals surface area contributed by atoms with Gasteiger partial charge in [-0.2, -0.15) is 5.26 Å². The summed E-state index contributed by atoms with van der Waals surface area (Å²) in [6.07, 6.45) is 2.41. The number of aromatic nitrogens is 1. The average Bonchev–Trinajstić information content (AvgIpc) is 2.41. The number of hydrogen-bond donors (Lipinski definition) is 2. The molecule has 0 aliphatic carbocycles. The predicted molar refractivity (Wildman–Crippen MR) is 74.0 cm³/mol. The Morgan fingerprint density at radius 3 is 2.65 bits per heavy atom. The maximum atomic E-state index is 12.1. The summed E-state index contributed by atoms with van der Waals surface area (Å²) in [6.45, 7) is 0. The molecule has 0 atom stereocenters. The first-order valence-electron chi connectivity index (χ1n) is 5.33. The van der Waals surface area contributed by atoms with Crippen LogP contribution >= 0.6 is 11.6 Å². The van der Waals surface area contributed by atoms with Crippen LogP contribution in [0, 0.1) is 11.3 Å². The van der Waals surface area contributed by atoms with Crippen molar-refractivity contribution in [2.24, 2.45) is 0 Å². The van der Waals surface area contributed by atoms with Gasteiger partial charge in [0.15, 0.2) is 4.90 Å². The SMILES string of the molecule is N#Cc1ccc(NS(=O)(=O)c2c[nH]ccc2=O)c(Cl)c1. The van der Waals surface area contributed by atoms with E-state index in [2.05, 4.69) is 9.71 Å². The van der Waals surface area contributed by atoms with E-state index in [1.165, 1.54) is 24.4 Å². The Labute approximate surface area is 119 Å². The third kappa shape index (κ3) is 2.82. The number of nitriles is 1. The number of benzene rings is 1. The van der Waals surface area contributed by atoms with Crippen molar-refractivity contribution in [3.63, 3.8) is 0 Å². The molecule has 1 heterocycles. The monoisotopic (exact) mass is 309 g/mol. The van der Waals surface area contributed by atoms with E-state index in [1.54, 1.807) is 0 Å². The molecule has 0 amide bonds. The Hall–Kier alpha value is -2.30. The van der Waals surface area contributed by atoms with Crippen LogP contribution in [0.15, 0.2) is 46.3 Å². The van der Waals surface area contributed by atoms with Gasteiger partial charge in [0.25, 0.3) is 10.0 Å². The standard InChI is InChI=1S/C12H8ClN3O3S/c13-9-5-8(6-14)1-2-10(9)16-20(18,19)12-7-15-4-3-11(12)17/h1-5,7,16H,(H,15,17). The maximum Gasteiger partial charge on any atom is 0.267 e. The summed E-state index contributed by atoms with van der Waals surface area (Å²) >= 11 is 5.88. The van der Waals surface area contributed by atoms with E-state index in [9.17, 15) is 13.2 Å². The van der Waals surface area contributed by atoms with Crippen molar-refractivity contribution in [2.45, 2.75) is 4.90 Å². The lowest BCUT2D eigenvalue weighted by molar-refractivity contribution is 0.600. The third-order valence-corrected chi connectivity index (χ3v) is 4.12. The molecule has 6 nitrogen and oxygen atoms in total. The average molecular weight is 310 g/mol. The Kier molecular flexibility index (Phi) is 3.79. The first kappa shape index (κ1) is 14.1. The Morgan fingerprint density at radius 2 is 2.05 bits per heavy atom. The van der Waals surface area contributed by atoms with Gasteiger partial charge < -0.3 is 4.98 Å². The lowest BCUT2D eigenvalue weighted by Crippen LogP contribution is -2.21. The van der Waals surface area contributed by atoms with E-state index in [1.807, 2.05) is 6.07 Å². The minimum Gasteiger partial charge on any atom is -0.366 e. The fourth-order valence-electron chi connectivity index (χ4n) is 1.48. The van der Waals surface area contributed by atoms with Crippen LogP contribution in [0.5, 0.6) is 0 Å². The van der Waals surface area contributed by atoms with Crippen molar-refractivity contribution in [3.05, 3.63) is 57.5 Å². The Morgan fingerprint density at radius 1 is 1.30 bits per heavy atom. The number of hydrogen-bond acceptors (Lipinski definition) is 4. The molecule has 1 aromatic carbocycles. The number of H-pyrrole nitrogens is 1. The molecule has 0 saturated carbocycles. The van der Waals surface area contributed by atoms with Gasteiger partial charge in [0.1, 0.15) is 0 Å². The van der Waals surface area contributed by atoms with E-state index in [0.29, 0.717) is 5.56 Å². The molecular formula is C12H8ClN3O3S. The van der Waals surface area contributed by atoms with Crippen LogP contribution in [0.1, 0.15) is 5.56 Å². The van der Waals surface area contributed by atoms with Crippen LogP contribution in [-0.4, -0.2) is 13.4 Å². The summed E-state index contributed by atoms with van der Waals surface area (Å²) < 4.78 is 26.4.